The third-order valence-corrected chi connectivity index (χ3v) is 4.77. The lowest BCUT2D eigenvalue weighted by Crippen LogP contribution is -2.09. The maximum atomic E-state index is 12.3. The molecule has 1 heterocycles. The van der Waals surface area contributed by atoms with Crippen LogP contribution in [0.1, 0.15) is 11.3 Å². The number of aromatic nitrogens is 1. The van der Waals surface area contributed by atoms with E-state index >= 15 is 0 Å². The van der Waals surface area contributed by atoms with Gasteiger partial charge in [-0.2, -0.15) is 0 Å². The molecule has 2 rings (SSSR count). The van der Waals surface area contributed by atoms with Crippen LogP contribution in [0.15, 0.2) is 36.4 Å². The average molecular weight is 342 g/mol. The molecule has 0 amide bonds. The molecule has 0 atom stereocenters. The van der Waals surface area contributed by atoms with Gasteiger partial charge in [-0.25, -0.2) is 13.4 Å². The van der Waals surface area contributed by atoms with E-state index in [1.54, 1.807) is 36.4 Å². The summed E-state index contributed by atoms with van der Waals surface area (Å²) in [5.41, 5.74) is 1.05. The van der Waals surface area contributed by atoms with Gasteiger partial charge in [-0.05, 0) is 23.8 Å². The third kappa shape index (κ3) is 4.35. The minimum absolute atomic E-state index is 0.115. The Morgan fingerprint density at radius 2 is 1.86 bits per heavy atom. The standard InChI is InChI=1S/C15H16ClNO4S/c1-20-14-7-6-11(8-13(14)16)9-22(18,19)10-12-4-3-5-15(17-12)21-2/h3-8H,9-10H2,1-2H3. The van der Waals surface area contributed by atoms with Gasteiger partial charge in [0.2, 0.25) is 5.88 Å². The molecule has 2 aromatic rings. The topological polar surface area (TPSA) is 65.5 Å². The number of pyridine rings is 1. The van der Waals surface area contributed by atoms with E-state index in [1.807, 2.05) is 0 Å². The van der Waals surface area contributed by atoms with Gasteiger partial charge in [0.05, 0.1) is 36.4 Å². The molecule has 0 saturated carbocycles. The average Bonchev–Trinajstić information content (AvgIpc) is 2.46. The Bertz CT molecular complexity index is 762. The molecule has 0 N–H and O–H groups in total. The highest BCUT2D eigenvalue weighted by atomic mass is 35.5. The maximum absolute atomic E-state index is 12.3. The van der Waals surface area contributed by atoms with Gasteiger partial charge < -0.3 is 9.47 Å². The van der Waals surface area contributed by atoms with E-state index in [0.717, 1.165) is 0 Å². The Balaban J connectivity index is 2.15. The maximum Gasteiger partial charge on any atom is 0.213 e. The van der Waals surface area contributed by atoms with Crippen LogP contribution in [0.3, 0.4) is 0 Å². The van der Waals surface area contributed by atoms with Gasteiger partial charge in [0.1, 0.15) is 5.75 Å². The number of methoxy groups -OCH3 is 2. The lowest BCUT2D eigenvalue weighted by Gasteiger charge is -2.08. The fourth-order valence-corrected chi connectivity index (χ4v) is 3.66. The summed E-state index contributed by atoms with van der Waals surface area (Å²) in [6.45, 7) is 0. The zero-order valence-electron chi connectivity index (χ0n) is 12.2. The number of sulfone groups is 1. The minimum atomic E-state index is -3.37. The molecule has 0 aliphatic carbocycles. The molecule has 0 aliphatic rings. The number of benzene rings is 1. The van der Waals surface area contributed by atoms with Crippen LogP contribution >= 0.6 is 11.6 Å². The van der Waals surface area contributed by atoms with Crippen LogP contribution in [0.25, 0.3) is 0 Å². The SMILES string of the molecule is COc1cccc(CS(=O)(=O)Cc2ccc(OC)c(Cl)c2)n1. The first kappa shape index (κ1) is 16.6. The quantitative estimate of drug-likeness (QED) is 0.808. The van der Waals surface area contributed by atoms with E-state index in [2.05, 4.69) is 4.98 Å². The molecule has 0 radical (unpaired) electrons. The van der Waals surface area contributed by atoms with E-state index < -0.39 is 9.84 Å². The van der Waals surface area contributed by atoms with Crippen LogP contribution in [0.5, 0.6) is 11.6 Å². The molecule has 5 nitrogen and oxygen atoms in total. The molecule has 1 aromatic carbocycles. The minimum Gasteiger partial charge on any atom is -0.495 e. The smallest absolute Gasteiger partial charge is 0.213 e. The van der Waals surface area contributed by atoms with Gasteiger partial charge in [0.25, 0.3) is 0 Å². The van der Waals surface area contributed by atoms with Crippen LogP contribution in [0.2, 0.25) is 5.02 Å². The van der Waals surface area contributed by atoms with Crippen molar-refractivity contribution in [2.24, 2.45) is 0 Å². The summed E-state index contributed by atoms with van der Waals surface area (Å²) in [4.78, 5) is 4.12. The molecule has 0 saturated heterocycles. The van der Waals surface area contributed by atoms with Crippen molar-refractivity contribution < 1.29 is 17.9 Å². The largest absolute Gasteiger partial charge is 0.495 e. The Hall–Kier alpha value is -1.79. The predicted molar refractivity (Wildman–Crippen MR) is 85.1 cm³/mol. The van der Waals surface area contributed by atoms with E-state index in [-0.39, 0.29) is 11.5 Å². The van der Waals surface area contributed by atoms with Crippen molar-refractivity contribution in [3.05, 3.63) is 52.7 Å². The summed E-state index contributed by atoms with van der Waals surface area (Å²) in [7, 11) is -0.374. The predicted octanol–water partition coefficient (Wildman–Crippen LogP) is 2.87. The van der Waals surface area contributed by atoms with Gasteiger partial charge >= 0.3 is 0 Å². The summed E-state index contributed by atoms with van der Waals surface area (Å²) < 4.78 is 34.6. The first-order valence-electron chi connectivity index (χ1n) is 6.46. The summed E-state index contributed by atoms with van der Waals surface area (Å²) in [5, 5.41) is 0.384. The van der Waals surface area contributed by atoms with Gasteiger partial charge in [0.15, 0.2) is 9.84 Å². The van der Waals surface area contributed by atoms with Crippen molar-refractivity contribution in [3.63, 3.8) is 0 Å². The highest BCUT2D eigenvalue weighted by molar-refractivity contribution is 7.89. The second-order valence-electron chi connectivity index (χ2n) is 4.67. The Morgan fingerprint density at radius 1 is 1.09 bits per heavy atom. The molecule has 0 bridgehead atoms. The van der Waals surface area contributed by atoms with Crippen LogP contribution < -0.4 is 9.47 Å². The first-order valence-corrected chi connectivity index (χ1v) is 8.66. The number of hydrogen-bond acceptors (Lipinski definition) is 5. The Morgan fingerprint density at radius 3 is 2.50 bits per heavy atom. The molecular formula is C15H16ClNO4S. The summed E-state index contributed by atoms with van der Waals surface area (Å²) in [6, 6.07) is 9.95. The molecule has 0 spiro atoms. The second-order valence-corrected chi connectivity index (χ2v) is 7.14. The number of halogens is 1. The molecule has 1 aromatic heterocycles. The molecule has 0 aliphatic heterocycles. The van der Waals surface area contributed by atoms with Gasteiger partial charge in [-0.15, -0.1) is 0 Å². The summed E-state index contributed by atoms with van der Waals surface area (Å²) >= 11 is 6.01. The Labute approximate surface area is 134 Å². The van der Waals surface area contributed by atoms with E-state index in [4.69, 9.17) is 21.1 Å². The van der Waals surface area contributed by atoms with Gasteiger partial charge in [-0.1, -0.05) is 23.7 Å². The fraction of sp³-hybridized carbons (Fsp3) is 0.267. The number of rotatable bonds is 6. The highest BCUT2D eigenvalue weighted by Gasteiger charge is 2.15. The van der Waals surface area contributed by atoms with Crippen LogP contribution in [0, 0.1) is 0 Å². The van der Waals surface area contributed by atoms with Gasteiger partial charge in [-0.3, -0.25) is 0 Å². The molecule has 0 fully saturated rings. The zero-order valence-corrected chi connectivity index (χ0v) is 13.8. The number of ether oxygens (including phenoxy) is 2. The van der Waals surface area contributed by atoms with E-state index in [0.29, 0.717) is 27.9 Å². The summed E-state index contributed by atoms with van der Waals surface area (Å²) in [5.74, 6) is 0.626. The van der Waals surface area contributed by atoms with Gasteiger partial charge in [0, 0.05) is 6.07 Å². The monoisotopic (exact) mass is 341 g/mol. The lowest BCUT2D eigenvalue weighted by molar-refractivity contribution is 0.396. The van der Waals surface area contributed by atoms with Crippen LogP contribution in [0.4, 0.5) is 0 Å². The number of hydrogen-bond donors (Lipinski definition) is 0. The van der Waals surface area contributed by atoms with E-state index in [1.165, 1.54) is 14.2 Å². The zero-order chi connectivity index (χ0) is 16.2. The second kappa shape index (κ2) is 6.98. The van der Waals surface area contributed by atoms with Crippen molar-refractivity contribution >= 4 is 21.4 Å². The molecular weight excluding hydrogens is 326 g/mol. The van der Waals surface area contributed by atoms with Crippen LogP contribution in [-0.4, -0.2) is 27.6 Å². The molecule has 0 unspecified atom stereocenters. The molecule has 7 heteroatoms. The molecule has 22 heavy (non-hydrogen) atoms. The van der Waals surface area contributed by atoms with E-state index in [9.17, 15) is 8.42 Å². The third-order valence-electron chi connectivity index (χ3n) is 2.96. The first-order chi connectivity index (χ1) is 10.4. The Kier molecular flexibility index (Phi) is 5.26. The van der Waals surface area contributed by atoms with Crippen molar-refractivity contribution in [2.75, 3.05) is 14.2 Å². The highest BCUT2D eigenvalue weighted by Crippen LogP contribution is 2.26. The van der Waals surface area contributed by atoms with Crippen molar-refractivity contribution in [1.29, 1.82) is 0 Å². The summed E-state index contributed by atoms with van der Waals surface area (Å²) in [6.07, 6.45) is 0. The molecule has 118 valence electrons. The number of nitrogens with zero attached hydrogens (tertiary/aromatic N) is 1. The normalized spacial score (nSPS) is 11.2. The lowest BCUT2D eigenvalue weighted by atomic mass is 10.2. The van der Waals surface area contributed by atoms with Crippen LogP contribution in [-0.2, 0) is 21.3 Å². The van der Waals surface area contributed by atoms with Crippen molar-refractivity contribution in [3.8, 4) is 11.6 Å². The fourth-order valence-electron chi connectivity index (χ4n) is 1.98. The van der Waals surface area contributed by atoms with Crippen molar-refractivity contribution in [2.45, 2.75) is 11.5 Å². The van der Waals surface area contributed by atoms with Crippen molar-refractivity contribution in [1.82, 2.24) is 4.98 Å².